The van der Waals surface area contributed by atoms with Crippen molar-refractivity contribution in [1.29, 1.82) is 0 Å². The Kier molecular flexibility index (Phi) is 3.89. The summed E-state index contributed by atoms with van der Waals surface area (Å²) in [4.78, 5) is 19.4. The van der Waals surface area contributed by atoms with Crippen LogP contribution in [0.3, 0.4) is 0 Å². The van der Waals surface area contributed by atoms with Gasteiger partial charge in [0.05, 0.1) is 7.11 Å². The van der Waals surface area contributed by atoms with Crippen LogP contribution in [0.25, 0.3) is 5.65 Å². The summed E-state index contributed by atoms with van der Waals surface area (Å²) in [5.41, 5.74) is 9.01. The number of nitrogens with zero attached hydrogens (tertiary/aromatic N) is 3. The molecule has 1 unspecified atom stereocenters. The summed E-state index contributed by atoms with van der Waals surface area (Å²) in [6, 6.07) is 11.7. The molecule has 2 aromatic heterocycles. The van der Waals surface area contributed by atoms with E-state index in [2.05, 4.69) is 11.1 Å². The first kappa shape index (κ1) is 15.7. The monoisotopic (exact) mass is 336 g/mol. The molecular weight excluding hydrogens is 316 g/mol. The van der Waals surface area contributed by atoms with Crippen LogP contribution in [-0.2, 0) is 0 Å². The van der Waals surface area contributed by atoms with Gasteiger partial charge in [-0.1, -0.05) is 18.2 Å². The van der Waals surface area contributed by atoms with Crippen LogP contribution in [0.15, 0.2) is 48.8 Å². The normalized spacial score (nSPS) is 16.2. The SMILES string of the molecule is COc1ccn2cc(C(=O)N3CC(CCN)c4ccccc43)nc2c1. The summed E-state index contributed by atoms with van der Waals surface area (Å²) in [6.07, 6.45) is 4.46. The molecule has 3 heterocycles. The number of rotatable bonds is 4. The van der Waals surface area contributed by atoms with E-state index in [4.69, 9.17) is 10.5 Å². The van der Waals surface area contributed by atoms with E-state index in [1.807, 2.05) is 45.8 Å². The predicted molar refractivity (Wildman–Crippen MR) is 96.3 cm³/mol. The highest BCUT2D eigenvalue weighted by Gasteiger charge is 2.33. The van der Waals surface area contributed by atoms with Crippen LogP contribution < -0.4 is 15.4 Å². The fraction of sp³-hybridized carbons (Fsp3) is 0.263. The molecule has 1 aliphatic heterocycles. The van der Waals surface area contributed by atoms with Crippen LogP contribution in [0.4, 0.5) is 5.69 Å². The first-order valence-electron chi connectivity index (χ1n) is 8.35. The number of carbonyl (C=O) groups is 1. The summed E-state index contributed by atoms with van der Waals surface area (Å²) in [7, 11) is 1.61. The van der Waals surface area contributed by atoms with E-state index >= 15 is 0 Å². The molecule has 1 aromatic carbocycles. The second-order valence-corrected chi connectivity index (χ2v) is 6.21. The summed E-state index contributed by atoms with van der Waals surface area (Å²) in [5, 5.41) is 0. The van der Waals surface area contributed by atoms with Crippen molar-refractivity contribution in [1.82, 2.24) is 9.38 Å². The summed E-state index contributed by atoms with van der Waals surface area (Å²) < 4.78 is 7.05. The number of amides is 1. The molecule has 0 fully saturated rings. The van der Waals surface area contributed by atoms with E-state index in [-0.39, 0.29) is 11.8 Å². The lowest BCUT2D eigenvalue weighted by atomic mass is 9.98. The Morgan fingerprint density at radius 2 is 2.20 bits per heavy atom. The van der Waals surface area contributed by atoms with Gasteiger partial charge >= 0.3 is 0 Å². The van der Waals surface area contributed by atoms with Crippen molar-refractivity contribution in [3.05, 3.63) is 60.0 Å². The Labute approximate surface area is 145 Å². The molecule has 0 radical (unpaired) electrons. The molecule has 0 saturated carbocycles. The van der Waals surface area contributed by atoms with Crippen LogP contribution in [0.5, 0.6) is 5.75 Å². The number of benzene rings is 1. The molecule has 0 bridgehead atoms. The van der Waals surface area contributed by atoms with Gasteiger partial charge in [-0.25, -0.2) is 4.98 Å². The number of nitrogens with two attached hydrogens (primary N) is 1. The van der Waals surface area contributed by atoms with Crippen molar-refractivity contribution in [2.45, 2.75) is 12.3 Å². The number of ether oxygens (including phenoxy) is 1. The van der Waals surface area contributed by atoms with Crippen molar-refractivity contribution in [3.8, 4) is 5.75 Å². The maximum atomic E-state index is 13.1. The zero-order chi connectivity index (χ0) is 17.4. The van der Waals surface area contributed by atoms with Gasteiger partial charge in [-0.05, 0) is 30.7 Å². The molecule has 128 valence electrons. The molecule has 2 N–H and O–H groups in total. The van der Waals surface area contributed by atoms with E-state index < -0.39 is 0 Å². The summed E-state index contributed by atoms with van der Waals surface area (Å²) in [5.74, 6) is 0.906. The predicted octanol–water partition coefficient (Wildman–Crippen LogP) is 2.44. The zero-order valence-electron chi connectivity index (χ0n) is 14.1. The molecule has 1 atom stereocenters. The van der Waals surface area contributed by atoms with E-state index in [9.17, 15) is 4.79 Å². The number of methoxy groups -OCH3 is 1. The Morgan fingerprint density at radius 1 is 1.36 bits per heavy atom. The molecule has 25 heavy (non-hydrogen) atoms. The number of fused-ring (bicyclic) bond motifs is 2. The first-order chi connectivity index (χ1) is 12.2. The lowest BCUT2D eigenvalue weighted by Gasteiger charge is -2.16. The van der Waals surface area contributed by atoms with Crippen molar-refractivity contribution in [3.63, 3.8) is 0 Å². The van der Waals surface area contributed by atoms with Gasteiger partial charge in [0.15, 0.2) is 0 Å². The van der Waals surface area contributed by atoms with Crippen LogP contribution in [0, 0.1) is 0 Å². The van der Waals surface area contributed by atoms with Gasteiger partial charge in [0.25, 0.3) is 5.91 Å². The van der Waals surface area contributed by atoms with Gasteiger partial charge in [0, 0.05) is 36.6 Å². The number of imidazole rings is 1. The molecule has 3 aromatic rings. The highest BCUT2D eigenvalue weighted by atomic mass is 16.5. The maximum Gasteiger partial charge on any atom is 0.278 e. The lowest BCUT2D eigenvalue weighted by molar-refractivity contribution is 0.0984. The van der Waals surface area contributed by atoms with E-state index in [0.29, 0.717) is 30.2 Å². The number of carbonyl (C=O) groups excluding carboxylic acids is 1. The van der Waals surface area contributed by atoms with Crippen LogP contribution >= 0.6 is 0 Å². The van der Waals surface area contributed by atoms with Gasteiger partial charge < -0.3 is 19.8 Å². The minimum Gasteiger partial charge on any atom is -0.497 e. The second-order valence-electron chi connectivity index (χ2n) is 6.21. The van der Waals surface area contributed by atoms with Gasteiger partial charge in [-0.3, -0.25) is 4.79 Å². The molecule has 6 heteroatoms. The largest absolute Gasteiger partial charge is 0.497 e. The van der Waals surface area contributed by atoms with Gasteiger partial charge in [-0.15, -0.1) is 0 Å². The van der Waals surface area contributed by atoms with E-state index in [1.165, 1.54) is 5.56 Å². The third-order valence-electron chi connectivity index (χ3n) is 4.72. The van der Waals surface area contributed by atoms with Crippen molar-refractivity contribution < 1.29 is 9.53 Å². The van der Waals surface area contributed by atoms with Crippen LogP contribution in [0.2, 0.25) is 0 Å². The third-order valence-corrected chi connectivity index (χ3v) is 4.72. The molecular formula is C19H20N4O2. The minimum atomic E-state index is -0.0883. The Hall–Kier alpha value is -2.86. The molecule has 1 amide bonds. The Bertz CT molecular complexity index is 934. The molecule has 4 rings (SSSR count). The van der Waals surface area contributed by atoms with Crippen LogP contribution in [-0.4, -0.2) is 35.5 Å². The molecule has 0 aliphatic carbocycles. The number of hydrogen-bond acceptors (Lipinski definition) is 4. The summed E-state index contributed by atoms with van der Waals surface area (Å²) >= 11 is 0. The first-order valence-corrected chi connectivity index (χ1v) is 8.35. The van der Waals surface area contributed by atoms with E-state index in [1.54, 1.807) is 13.3 Å². The number of pyridine rings is 1. The second kappa shape index (κ2) is 6.22. The van der Waals surface area contributed by atoms with E-state index in [0.717, 1.165) is 12.1 Å². The molecule has 1 aliphatic rings. The highest BCUT2D eigenvalue weighted by Crippen LogP contribution is 2.38. The topological polar surface area (TPSA) is 72.9 Å². The average molecular weight is 336 g/mol. The van der Waals surface area contributed by atoms with Crippen LogP contribution in [0.1, 0.15) is 28.4 Å². The Balaban J connectivity index is 1.69. The van der Waals surface area contributed by atoms with Gasteiger partial charge in [0.2, 0.25) is 0 Å². The number of anilines is 1. The molecule has 0 saturated heterocycles. The van der Waals surface area contributed by atoms with Crippen molar-refractivity contribution in [2.75, 3.05) is 25.1 Å². The lowest BCUT2D eigenvalue weighted by Crippen LogP contribution is -2.30. The zero-order valence-corrected chi connectivity index (χ0v) is 14.1. The third kappa shape index (κ3) is 2.64. The maximum absolute atomic E-state index is 13.1. The van der Waals surface area contributed by atoms with Gasteiger partial charge in [-0.2, -0.15) is 0 Å². The van der Waals surface area contributed by atoms with Crippen molar-refractivity contribution in [2.24, 2.45) is 5.73 Å². The average Bonchev–Trinajstić information content (AvgIpc) is 3.23. The quantitative estimate of drug-likeness (QED) is 0.794. The highest BCUT2D eigenvalue weighted by molar-refractivity contribution is 6.06. The number of hydrogen-bond donors (Lipinski definition) is 1. The smallest absolute Gasteiger partial charge is 0.278 e. The molecule has 6 nitrogen and oxygen atoms in total. The number of aromatic nitrogens is 2. The molecule has 0 spiro atoms. The van der Waals surface area contributed by atoms with Gasteiger partial charge in [0.1, 0.15) is 17.1 Å². The standard InChI is InChI=1S/C19H20N4O2/c1-25-14-7-9-22-12-16(21-18(22)10-14)19(24)23-11-13(6-8-20)15-4-2-3-5-17(15)23/h2-5,7,9-10,12-13H,6,8,11,20H2,1H3. The minimum absolute atomic E-state index is 0.0883. The van der Waals surface area contributed by atoms with Crippen molar-refractivity contribution >= 4 is 17.2 Å². The fourth-order valence-corrected chi connectivity index (χ4v) is 3.47. The fourth-order valence-electron chi connectivity index (χ4n) is 3.47. The summed E-state index contributed by atoms with van der Waals surface area (Å²) in [6.45, 7) is 1.25. The number of para-hydroxylation sites is 1. The Morgan fingerprint density at radius 3 is 3.00 bits per heavy atom.